The predicted octanol–water partition coefficient (Wildman–Crippen LogP) is 1.61. The van der Waals surface area contributed by atoms with Gasteiger partial charge in [0.05, 0.1) is 6.10 Å². The number of unbranched alkanes of at least 4 members (excludes halogenated alkanes) is 1. The van der Waals surface area contributed by atoms with Gasteiger partial charge in [0.15, 0.2) is 0 Å². The van der Waals surface area contributed by atoms with Crippen molar-refractivity contribution in [3.63, 3.8) is 0 Å². The third kappa shape index (κ3) is 4.14. The Kier molecular flexibility index (Phi) is 6.02. The van der Waals surface area contributed by atoms with Crippen molar-refractivity contribution in [2.75, 3.05) is 0 Å². The molecule has 0 aliphatic carbocycles. The third-order valence-corrected chi connectivity index (χ3v) is 6.67. The van der Waals surface area contributed by atoms with Crippen molar-refractivity contribution in [1.82, 2.24) is 0 Å². The molecule has 0 saturated carbocycles. The molecule has 9 heteroatoms. The minimum atomic E-state index is -5.18. The standard InChI is InChI=1S/C8H20O7P2/c1-4-5-6-8(9,16(10,11)12)17(13,14)15-7(2)3/h7,9H,4-6H2,1-3H3,(H,13,14)(H2,10,11,12). The zero-order valence-corrected chi connectivity index (χ0v) is 11.9. The van der Waals surface area contributed by atoms with Crippen LogP contribution < -0.4 is 0 Å². The van der Waals surface area contributed by atoms with Crippen molar-refractivity contribution in [2.45, 2.75) is 51.2 Å². The average molecular weight is 290 g/mol. The Morgan fingerprint density at radius 2 is 1.71 bits per heavy atom. The van der Waals surface area contributed by atoms with Gasteiger partial charge >= 0.3 is 15.2 Å². The smallest absolute Gasteiger partial charge is 0.368 e. The first-order chi connectivity index (χ1) is 7.48. The summed E-state index contributed by atoms with van der Waals surface area (Å²) < 4.78 is 27.6. The molecule has 0 aromatic heterocycles. The van der Waals surface area contributed by atoms with E-state index in [2.05, 4.69) is 4.52 Å². The van der Waals surface area contributed by atoms with E-state index in [1.54, 1.807) is 6.92 Å². The second-order valence-corrected chi connectivity index (χ2v) is 8.27. The molecule has 0 aromatic carbocycles. The van der Waals surface area contributed by atoms with E-state index in [-0.39, 0.29) is 6.42 Å². The van der Waals surface area contributed by atoms with Crippen LogP contribution in [0.1, 0.15) is 40.0 Å². The molecule has 0 heterocycles. The largest absolute Gasteiger partial charge is 0.372 e. The maximum atomic E-state index is 11.8. The molecule has 4 N–H and O–H groups in total. The highest BCUT2D eigenvalue weighted by atomic mass is 31.2. The van der Waals surface area contributed by atoms with Crippen LogP contribution in [0.15, 0.2) is 0 Å². The molecule has 104 valence electrons. The van der Waals surface area contributed by atoms with Crippen molar-refractivity contribution < 1.29 is 33.4 Å². The highest BCUT2D eigenvalue weighted by Crippen LogP contribution is 2.72. The van der Waals surface area contributed by atoms with Crippen molar-refractivity contribution in [3.8, 4) is 0 Å². The summed E-state index contributed by atoms with van der Waals surface area (Å²) in [7, 11) is -10.0. The maximum Gasteiger partial charge on any atom is 0.372 e. The quantitative estimate of drug-likeness (QED) is 0.525. The van der Waals surface area contributed by atoms with Crippen LogP contribution in [0.3, 0.4) is 0 Å². The summed E-state index contributed by atoms with van der Waals surface area (Å²) in [6.07, 6.45) is -0.503. The minimum Gasteiger partial charge on any atom is -0.368 e. The van der Waals surface area contributed by atoms with Gasteiger partial charge in [-0.1, -0.05) is 13.3 Å². The van der Waals surface area contributed by atoms with Gasteiger partial charge in [-0.25, -0.2) is 0 Å². The molecular weight excluding hydrogens is 270 g/mol. The molecule has 0 radical (unpaired) electrons. The summed E-state index contributed by atoms with van der Waals surface area (Å²) in [5.41, 5.74) is 0. The Hall–Kier alpha value is 0.260. The fraction of sp³-hybridized carbons (Fsp3) is 1.00. The van der Waals surface area contributed by atoms with Crippen LogP contribution in [0.4, 0.5) is 0 Å². The second kappa shape index (κ2) is 5.93. The second-order valence-electron chi connectivity index (χ2n) is 4.10. The lowest BCUT2D eigenvalue weighted by Gasteiger charge is -2.32. The van der Waals surface area contributed by atoms with Crippen LogP contribution in [0, 0.1) is 0 Å². The topological polar surface area (TPSA) is 124 Å². The van der Waals surface area contributed by atoms with E-state index in [4.69, 9.17) is 9.79 Å². The van der Waals surface area contributed by atoms with Gasteiger partial charge < -0.3 is 24.3 Å². The Morgan fingerprint density at radius 3 is 2.00 bits per heavy atom. The molecule has 17 heavy (non-hydrogen) atoms. The first-order valence-corrected chi connectivity index (χ1v) is 8.46. The Balaban J connectivity index is 5.32. The molecule has 0 spiro atoms. The van der Waals surface area contributed by atoms with Crippen molar-refractivity contribution in [1.29, 1.82) is 0 Å². The van der Waals surface area contributed by atoms with Gasteiger partial charge in [0.25, 0.3) is 5.08 Å². The van der Waals surface area contributed by atoms with Crippen LogP contribution in [0.25, 0.3) is 0 Å². The first kappa shape index (κ1) is 17.3. The van der Waals surface area contributed by atoms with Crippen LogP contribution in [-0.4, -0.2) is 31.0 Å². The highest BCUT2D eigenvalue weighted by Gasteiger charge is 2.60. The van der Waals surface area contributed by atoms with E-state index in [9.17, 15) is 19.1 Å². The molecule has 0 rings (SSSR count). The van der Waals surface area contributed by atoms with E-state index < -0.39 is 32.8 Å². The normalized spacial score (nSPS) is 20.0. The van der Waals surface area contributed by atoms with Crippen molar-refractivity contribution >= 4 is 15.2 Å². The molecule has 0 saturated heterocycles. The summed E-state index contributed by atoms with van der Waals surface area (Å²) in [5, 5.41) is 6.83. The number of rotatable bonds is 7. The molecular formula is C8H20O7P2. The van der Waals surface area contributed by atoms with Crippen LogP contribution in [-0.2, 0) is 13.7 Å². The van der Waals surface area contributed by atoms with Crippen LogP contribution in [0.5, 0.6) is 0 Å². The van der Waals surface area contributed by atoms with Gasteiger partial charge in [0.1, 0.15) is 0 Å². The highest BCUT2D eigenvalue weighted by molar-refractivity contribution is 7.72. The molecule has 0 fully saturated rings. The SMILES string of the molecule is CCCCC(O)(P(=O)(O)O)P(=O)(O)OC(C)C. The monoisotopic (exact) mass is 290 g/mol. The summed E-state index contributed by atoms with van der Waals surface area (Å²) >= 11 is 0. The van der Waals surface area contributed by atoms with Gasteiger partial charge in [-0.05, 0) is 26.7 Å². The van der Waals surface area contributed by atoms with E-state index in [1.165, 1.54) is 13.8 Å². The Bertz CT molecular complexity index is 337. The molecule has 0 amide bonds. The van der Waals surface area contributed by atoms with E-state index in [0.29, 0.717) is 6.42 Å². The molecule has 0 aliphatic heterocycles. The van der Waals surface area contributed by atoms with E-state index >= 15 is 0 Å². The van der Waals surface area contributed by atoms with Crippen molar-refractivity contribution in [2.24, 2.45) is 0 Å². The summed E-state index contributed by atoms with van der Waals surface area (Å²) in [4.78, 5) is 27.7. The van der Waals surface area contributed by atoms with Gasteiger partial charge in [-0.3, -0.25) is 9.13 Å². The summed E-state index contributed by atoms with van der Waals surface area (Å²) in [6.45, 7) is 4.59. The molecule has 2 unspecified atom stereocenters. The van der Waals surface area contributed by atoms with Crippen LogP contribution >= 0.6 is 15.2 Å². The van der Waals surface area contributed by atoms with Gasteiger partial charge in [0.2, 0.25) is 0 Å². The van der Waals surface area contributed by atoms with Crippen LogP contribution in [0.2, 0.25) is 0 Å². The molecule has 0 aromatic rings. The zero-order valence-electron chi connectivity index (χ0n) is 10.1. The van der Waals surface area contributed by atoms with Gasteiger partial charge in [-0.2, -0.15) is 0 Å². The fourth-order valence-corrected chi connectivity index (χ4v) is 4.32. The lowest BCUT2D eigenvalue weighted by Crippen LogP contribution is -2.30. The predicted molar refractivity (Wildman–Crippen MR) is 62.6 cm³/mol. The zero-order chi connectivity index (χ0) is 13.9. The van der Waals surface area contributed by atoms with E-state index in [0.717, 1.165) is 0 Å². The maximum absolute atomic E-state index is 11.8. The fourth-order valence-electron chi connectivity index (χ4n) is 1.24. The van der Waals surface area contributed by atoms with E-state index in [1.807, 2.05) is 0 Å². The first-order valence-electron chi connectivity index (χ1n) is 5.27. The van der Waals surface area contributed by atoms with Gasteiger partial charge in [0, 0.05) is 0 Å². The third-order valence-electron chi connectivity index (χ3n) is 2.14. The average Bonchev–Trinajstić information content (AvgIpc) is 2.09. The number of aliphatic hydroxyl groups is 1. The summed E-state index contributed by atoms with van der Waals surface area (Å²) in [5.74, 6) is 0. The van der Waals surface area contributed by atoms with Crippen molar-refractivity contribution in [3.05, 3.63) is 0 Å². The number of hydrogen-bond acceptors (Lipinski definition) is 4. The lowest BCUT2D eigenvalue weighted by molar-refractivity contribution is 0.0948. The minimum absolute atomic E-state index is 0.202. The van der Waals surface area contributed by atoms with Gasteiger partial charge in [-0.15, -0.1) is 0 Å². The Labute approximate surface area is 101 Å². The molecule has 7 nitrogen and oxygen atoms in total. The lowest BCUT2D eigenvalue weighted by atomic mass is 10.3. The molecule has 2 atom stereocenters. The molecule has 0 aliphatic rings. The summed E-state index contributed by atoms with van der Waals surface area (Å²) in [6, 6.07) is 0. The molecule has 0 bridgehead atoms. The number of hydrogen-bond donors (Lipinski definition) is 4. The Morgan fingerprint density at radius 1 is 1.24 bits per heavy atom.